The Morgan fingerprint density at radius 3 is 2.67 bits per heavy atom. The number of nitrogens with zero attached hydrogens (tertiary/aromatic N) is 2. The molecule has 0 aromatic rings. The number of amides is 2. The summed E-state index contributed by atoms with van der Waals surface area (Å²) >= 11 is 0. The van der Waals surface area contributed by atoms with Crippen LogP contribution in [0, 0.1) is 0 Å². The lowest BCUT2D eigenvalue weighted by Crippen LogP contribution is -2.41. The quantitative estimate of drug-likeness (QED) is 0.159. The van der Waals surface area contributed by atoms with E-state index in [4.69, 9.17) is 5.84 Å². The van der Waals surface area contributed by atoms with Crippen LogP contribution in [0.15, 0.2) is 5.10 Å². The molecule has 0 saturated carbocycles. The number of hydrazone groups is 1. The van der Waals surface area contributed by atoms with Crippen molar-refractivity contribution in [1.82, 2.24) is 10.2 Å². The molecule has 1 saturated heterocycles. The highest BCUT2D eigenvalue weighted by atomic mass is 16.2. The summed E-state index contributed by atoms with van der Waals surface area (Å²) in [6, 6.07) is 0. The van der Waals surface area contributed by atoms with Crippen LogP contribution in [0.4, 0.5) is 0 Å². The Labute approximate surface area is 88.5 Å². The lowest BCUT2D eigenvalue weighted by Gasteiger charge is -2.24. The van der Waals surface area contributed by atoms with Gasteiger partial charge in [-0.2, -0.15) is 5.10 Å². The molecule has 0 aromatic carbocycles. The number of hydrogen-bond acceptors (Lipinski definition) is 4. The van der Waals surface area contributed by atoms with Crippen LogP contribution >= 0.6 is 0 Å². The summed E-state index contributed by atoms with van der Waals surface area (Å²) in [5.41, 5.74) is 0. The Morgan fingerprint density at radius 1 is 1.40 bits per heavy atom. The highest BCUT2D eigenvalue weighted by molar-refractivity contribution is 5.97. The van der Waals surface area contributed by atoms with Gasteiger partial charge in [-0.3, -0.25) is 14.5 Å². The summed E-state index contributed by atoms with van der Waals surface area (Å²) in [5.74, 6) is 4.77. The van der Waals surface area contributed by atoms with Gasteiger partial charge in [0.1, 0.15) is 6.34 Å². The molecule has 0 spiro atoms. The monoisotopic (exact) mass is 212 g/mol. The number of hydrogen-bond donors (Lipinski definition) is 2. The predicted octanol–water partition coefficient (Wildman–Crippen LogP) is -0.593. The molecular formula is C9H16N4O2. The molecule has 1 fully saturated rings. The zero-order valence-electron chi connectivity index (χ0n) is 8.61. The summed E-state index contributed by atoms with van der Waals surface area (Å²) in [5, 5.41) is 6.10. The number of likely N-dealkylation sites (tertiary alicyclic amines) is 1. The normalized spacial score (nSPS) is 17.5. The molecule has 2 amide bonds. The molecule has 0 aromatic heterocycles. The minimum absolute atomic E-state index is 0.0567. The lowest BCUT2D eigenvalue weighted by atomic mass is 10.1. The second kappa shape index (κ2) is 6.00. The summed E-state index contributed by atoms with van der Waals surface area (Å²) in [6.07, 6.45) is 3.77. The van der Waals surface area contributed by atoms with E-state index in [1.165, 1.54) is 11.2 Å². The third kappa shape index (κ3) is 3.57. The second-order valence-electron chi connectivity index (χ2n) is 3.38. The first-order valence-corrected chi connectivity index (χ1v) is 5.04. The molecule has 1 aliphatic rings. The topological polar surface area (TPSA) is 87.8 Å². The van der Waals surface area contributed by atoms with Crippen LogP contribution in [0.2, 0.25) is 0 Å². The van der Waals surface area contributed by atoms with Gasteiger partial charge in [-0.25, -0.2) is 0 Å². The Hall–Kier alpha value is -1.59. The van der Waals surface area contributed by atoms with E-state index in [0.717, 1.165) is 0 Å². The van der Waals surface area contributed by atoms with Crippen molar-refractivity contribution in [2.45, 2.75) is 25.7 Å². The molecule has 1 aliphatic heterocycles. The van der Waals surface area contributed by atoms with Gasteiger partial charge in [-0.05, 0) is 12.8 Å². The standard InChI is InChI=1S/C9H16N4O2/c10-12-7-11-5-2-6-13-8(14)3-1-4-9(13)15/h7H,1-6,10H2,(H,11,12). The van der Waals surface area contributed by atoms with Crippen molar-refractivity contribution < 1.29 is 9.59 Å². The molecule has 0 atom stereocenters. The van der Waals surface area contributed by atoms with Gasteiger partial charge in [0.05, 0.1) is 0 Å². The fourth-order valence-electron chi connectivity index (χ4n) is 1.51. The zero-order valence-corrected chi connectivity index (χ0v) is 8.61. The van der Waals surface area contributed by atoms with E-state index >= 15 is 0 Å². The average molecular weight is 212 g/mol. The predicted molar refractivity (Wildman–Crippen MR) is 55.9 cm³/mol. The van der Waals surface area contributed by atoms with E-state index in [9.17, 15) is 9.59 Å². The van der Waals surface area contributed by atoms with Crippen LogP contribution in [-0.4, -0.2) is 36.1 Å². The van der Waals surface area contributed by atoms with Crippen LogP contribution < -0.4 is 11.2 Å². The third-order valence-corrected chi connectivity index (χ3v) is 2.25. The van der Waals surface area contributed by atoms with Gasteiger partial charge in [-0.1, -0.05) is 0 Å². The van der Waals surface area contributed by atoms with Crippen LogP contribution in [0.1, 0.15) is 25.7 Å². The molecule has 6 nitrogen and oxygen atoms in total. The maximum absolute atomic E-state index is 11.4. The number of imide groups is 1. The van der Waals surface area contributed by atoms with Gasteiger partial charge in [0.25, 0.3) is 0 Å². The number of rotatable bonds is 5. The fraction of sp³-hybridized carbons (Fsp3) is 0.667. The van der Waals surface area contributed by atoms with Crippen LogP contribution in [-0.2, 0) is 9.59 Å². The highest BCUT2D eigenvalue weighted by Gasteiger charge is 2.24. The molecule has 1 rings (SSSR count). The summed E-state index contributed by atoms with van der Waals surface area (Å²) < 4.78 is 0. The number of carbonyl (C=O) groups excluding carboxylic acids is 2. The van der Waals surface area contributed by atoms with E-state index < -0.39 is 0 Å². The van der Waals surface area contributed by atoms with Crippen LogP contribution in [0.3, 0.4) is 0 Å². The smallest absolute Gasteiger partial charge is 0.229 e. The summed E-state index contributed by atoms with van der Waals surface area (Å²) in [6.45, 7) is 1.13. The Bertz CT molecular complexity index is 249. The molecule has 3 N–H and O–H groups in total. The Balaban J connectivity index is 2.23. The first kappa shape index (κ1) is 11.5. The minimum atomic E-state index is -0.0567. The van der Waals surface area contributed by atoms with Crippen molar-refractivity contribution in [2.75, 3.05) is 13.1 Å². The maximum atomic E-state index is 11.4. The van der Waals surface area contributed by atoms with Gasteiger partial charge >= 0.3 is 0 Å². The Kier molecular flexibility index (Phi) is 4.59. The largest absolute Gasteiger partial charge is 0.375 e. The molecule has 0 aliphatic carbocycles. The molecular weight excluding hydrogens is 196 g/mol. The van der Waals surface area contributed by atoms with Gasteiger partial charge in [0.15, 0.2) is 0 Å². The van der Waals surface area contributed by atoms with Crippen molar-refractivity contribution >= 4 is 18.2 Å². The zero-order chi connectivity index (χ0) is 11.1. The first-order chi connectivity index (χ1) is 7.25. The van der Waals surface area contributed by atoms with Crippen molar-refractivity contribution in [3.05, 3.63) is 0 Å². The van der Waals surface area contributed by atoms with E-state index in [1.54, 1.807) is 0 Å². The molecule has 1 heterocycles. The van der Waals surface area contributed by atoms with Crippen molar-refractivity contribution in [3.8, 4) is 0 Å². The molecule has 0 bridgehead atoms. The van der Waals surface area contributed by atoms with Gasteiger partial charge in [0, 0.05) is 25.9 Å². The summed E-state index contributed by atoms with van der Waals surface area (Å²) in [4.78, 5) is 24.1. The molecule has 84 valence electrons. The number of piperidine rings is 1. The van der Waals surface area contributed by atoms with E-state index in [-0.39, 0.29) is 11.8 Å². The lowest BCUT2D eigenvalue weighted by molar-refractivity contribution is -0.147. The number of nitrogens with two attached hydrogens (primary N) is 1. The Morgan fingerprint density at radius 2 is 2.07 bits per heavy atom. The van der Waals surface area contributed by atoms with Gasteiger partial charge < -0.3 is 11.2 Å². The highest BCUT2D eigenvalue weighted by Crippen LogP contribution is 2.11. The van der Waals surface area contributed by atoms with Crippen LogP contribution in [0.25, 0.3) is 0 Å². The van der Waals surface area contributed by atoms with Crippen molar-refractivity contribution in [2.24, 2.45) is 10.9 Å². The molecule has 6 heteroatoms. The average Bonchev–Trinajstić information content (AvgIpc) is 2.21. The number of carbonyl (C=O) groups is 2. The minimum Gasteiger partial charge on any atom is -0.375 e. The van der Waals surface area contributed by atoms with Crippen molar-refractivity contribution in [3.63, 3.8) is 0 Å². The SMILES string of the molecule is N/N=C\NCCCN1C(=O)CCCC1=O. The second-order valence-corrected chi connectivity index (χ2v) is 3.38. The molecule has 0 radical (unpaired) electrons. The van der Waals surface area contributed by atoms with E-state index in [0.29, 0.717) is 38.8 Å². The molecule has 15 heavy (non-hydrogen) atoms. The maximum Gasteiger partial charge on any atom is 0.229 e. The van der Waals surface area contributed by atoms with E-state index in [1.807, 2.05) is 0 Å². The fourth-order valence-corrected chi connectivity index (χ4v) is 1.51. The third-order valence-electron chi connectivity index (χ3n) is 2.25. The first-order valence-electron chi connectivity index (χ1n) is 5.04. The van der Waals surface area contributed by atoms with E-state index in [2.05, 4.69) is 10.4 Å². The van der Waals surface area contributed by atoms with Crippen LogP contribution in [0.5, 0.6) is 0 Å². The van der Waals surface area contributed by atoms with Gasteiger partial charge in [0.2, 0.25) is 11.8 Å². The van der Waals surface area contributed by atoms with Gasteiger partial charge in [-0.15, -0.1) is 0 Å². The summed E-state index contributed by atoms with van der Waals surface area (Å²) in [7, 11) is 0. The van der Waals surface area contributed by atoms with Crippen molar-refractivity contribution in [1.29, 1.82) is 0 Å². The molecule has 0 unspecified atom stereocenters. The number of nitrogens with one attached hydrogen (secondary N) is 1.